The van der Waals surface area contributed by atoms with E-state index in [2.05, 4.69) is 4.98 Å². The van der Waals surface area contributed by atoms with Gasteiger partial charge in [0.2, 0.25) is 0 Å². The van der Waals surface area contributed by atoms with Gasteiger partial charge < -0.3 is 10.0 Å². The molecule has 17 heavy (non-hydrogen) atoms. The SMILES string of the molecule is O=C(O)[C@@H]1CCN(C(=O)c2cncc(F)c2)C1. The quantitative estimate of drug-likeness (QED) is 0.826. The maximum Gasteiger partial charge on any atom is 0.308 e. The molecule has 0 spiro atoms. The molecule has 5 nitrogen and oxygen atoms in total. The van der Waals surface area contributed by atoms with Crippen molar-refractivity contribution in [2.45, 2.75) is 6.42 Å². The maximum atomic E-state index is 12.9. The summed E-state index contributed by atoms with van der Waals surface area (Å²) in [6.07, 6.45) is 2.73. The van der Waals surface area contributed by atoms with E-state index in [1.807, 2.05) is 0 Å². The van der Waals surface area contributed by atoms with Gasteiger partial charge in [0, 0.05) is 19.3 Å². The zero-order valence-electron chi connectivity index (χ0n) is 8.97. The van der Waals surface area contributed by atoms with Crippen LogP contribution in [0.1, 0.15) is 16.8 Å². The smallest absolute Gasteiger partial charge is 0.308 e. The molecule has 1 N–H and O–H groups in total. The minimum absolute atomic E-state index is 0.149. The summed E-state index contributed by atoms with van der Waals surface area (Å²) < 4.78 is 12.9. The van der Waals surface area contributed by atoms with Crippen LogP contribution in [-0.2, 0) is 4.79 Å². The number of carbonyl (C=O) groups excluding carboxylic acids is 1. The zero-order chi connectivity index (χ0) is 12.4. The number of amides is 1. The molecule has 1 atom stereocenters. The first-order valence-corrected chi connectivity index (χ1v) is 5.20. The first kappa shape index (κ1) is 11.5. The van der Waals surface area contributed by atoms with Crippen molar-refractivity contribution in [3.63, 3.8) is 0 Å². The van der Waals surface area contributed by atoms with Crippen LogP contribution in [-0.4, -0.2) is 40.0 Å². The highest BCUT2D eigenvalue weighted by Crippen LogP contribution is 2.18. The van der Waals surface area contributed by atoms with E-state index in [4.69, 9.17) is 5.11 Å². The highest BCUT2D eigenvalue weighted by Gasteiger charge is 2.31. The van der Waals surface area contributed by atoms with Gasteiger partial charge in [-0.05, 0) is 12.5 Å². The summed E-state index contributed by atoms with van der Waals surface area (Å²) >= 11 is 0. The Labute approximate surface area is 96.9 Å². The highest BCUT2D eigenvalue weighted by atomic mass is 19.1. The molecule has 2 rings (SSSR count). The second-order valence-corrected chi connectivity index (χ2v) is 3.97. The molecule has 0 radical (unpaired) electrons. The molecule has 0 bridgehead atoms. The first-order valence-electron chi connectivity index (χ1n) is 5.20. The third kappa shape index (κ3) is 2.41. The standard InChI is InChI=1S/C11H11FN2O3/c12-9-3-8(4-13-5-9)10(15)14-2-1-7(6-14)11(16)17/h3-5,7H,1-2,6H2,(H,16,17)/t7-/m1/s1. The number of carboxylic acids is 1. The second-order valence-electron chi connectivity index (χ2n) is 3.97. The lowest BCUT2D eigenvalue weighted by atomic mass is 10.1. The molecular formula is C11H11FN2O3. The lowest BCUT2D eigenvalue weighted by molar-refractivity contribution is -0.141. The Morgan fingerprint density at radius 3 is 2.82 bits per heavy atom. The van der Waals surface area contributed by atoms with Gasteiger partial charge in [-0.25, -0.2) is 4.39 Å². The van der Waals surface area contributed by atoms with Crippen molar-refractivity contribution in [1.29, 1.82) is 0 Å². The van der Waals surface area contributed by atoms with Crippen LogP contribution < -0.4 is 0 Å². The molecule has 90 valence electrons. The normalized spacial score (nSPS) is 19.4. The molecule has 1 aliphatic heterocycles. The van der Waals surface area contributed by atoms with Gasteiger partial charge in [-0.3, -0.25) is 14.6 Å². The Morgan fingerprint density at radius 1 is 1.47 bits per heavy atom. The van der Waals surface area contributed by atoms with Crippen LogP contribution in [0.5, 0.6) is 0 Å². The number of hydrogen-bond donors (Lipinski definition) is 1. The van der Waals surface area contributed by atoms with Crippen molar-refractivity contribution in [3.05, 3.63) is 29.8 Å². The van der Waals surface area contributed by atoms with E-state index >= 15 is 0 Å². The molecule has 6 heteroatoms. The van der Waals surface area contributed by atoms with Crippen LogP contribution >= 0.6 is 0 Å². The number of aromatic nitrogens is 1. The molecule has 1 aromatic rings. The molecule has 1 aromatic heterocycles. The largest absolute Gasteiger partial charge is 0.481 e. The number of carboxylic acid groups (broad SMARTS) is 1. The van der Waals surface area contributed by atoms with Gasteiger partial charge in [0.25, 0.3) is 5.91 Å². The number of pyridine rings is 1. The summed E-state index contributed by atoms with van der Waals surface area (Å²) in [4.78, 5) is 27.6. The fraction of sp³-hybridized carbons (Fsp3) is 0.364. The lowest BCUT2D eigenvalue weighted by Gasteiger charge is -2.15. The van der Waals surface area contributed by atoms with Crippen LogP contribution in [0, 0.1) is 11.7 Å². The van der Waals surface area contributed by atoms with Crippen LogP contribution in [0.3, 0.4) is 0 Å². The molecule has 2 heterocycles. The van der Waals surface area contributed by atoms with Crippen molar-refractivity contribution >= 4 is 11.9 Å². The average Bonchev–Trinajstić information content (AvgIpc) is 2.77. The van der Waals surface area contributed by atoms with Crippen molar-refractivity contribution < 1.29 is 19.1 Å². The molecule has 1 aliphatic rings. The Balaban J connectivity index is 2.09. The number of hydrogen-bond acceptors (Lipinski definition) is 3. The molecule has 1 saturated heterocycles. The average molecular weight is 238 g/mol. The number of rotatable bonds is 2. The third-order valence-electron chi connectivity index (χ3n) is 2.78. The Hall–Kier alpha value is -1.98. The highest BCUT2D eigenvalue weighted by molar-refractivity contribution is 5.94. The van der Waals surface area contributed by atoms with Gasteiger partial charge in [0.15, 0.2) is 0 Å². The number of halogens is 1. The van der Waals surface area contributed by atoms with E-state index in [9.17, 15) is 14.0 Å². The van der Waals surface area contributed by atoms with E-state index in [1.165, 1.54) is 11.1 Å². The fourth-order valence-electron chi connectivity index (χ4n) is 1.86. The predicted molar refractivity (Wildman–Crippen MR) is 55.8 cm³/mol. The van der Waals surface area contributed by atoms with Gasteiger partial charge in [-0.15, -0.1) is 0 Å². The van der Waals surface area contributed by atoms with Crippen LogP contribution in [0.25, 0.3) is 0 Å². The Morgan fingerprint density at radius 2 is 2.24 bits per heavy atom. The fourth-order valence-corrected chi connectivity index (χ4v) is 1.86. The van der Waals surface area contributed by atoms with Crippen molar-refractivity contribution in [2.75, 3.05) is 13.1 Å². The molecule has 0 saturated carbocycles. The molecule has 0 aliphatic carbocycles. The van der Waals surface area contributed by atoms with E-state index in [0.29, 0.717) is 13.0 Å². The van der Waals surface area contributed by atoms with E-state index in [0.717, 1.165) is 12.3 Å². The summed E-state index contributed by atoms with van der Waals surface area (Å²) in [5.74, 6) is -2.39. The third-order valence-corrected chi connectivity index (χ3v) is 2.78. The second kappa shape index (κ2) is 4.48. The number of nitrogens with zero attached hydrogens (tertiary/aromatic N) is 2. The van der Waals surface area contributed by atoms with Crippen molar-refractivity contribution in [2.24, 2.45) is 5.92 Å². The summed E-state index contributed by atoms with van der Waals surface area (Å²) in [5, 5.41) is 8.82. The minimum Gasteiger partial charge on any atom is -0.481 e. The van der Waals surface area contributed by atoms with Gasteiger partial charge >= 0.3 is 5.97 Å². The van der Waals surface area contributed by atoms with Crippen LogP contribution in [0.15, 0.2) is 18.5 Å². The van der Waals surface area contributed by atoms with Crippen molar-refractivity contribution in [1.82, 2.24) is 9.88 Å². The Bertz CT molecular complexity index is 464. The summed E-state index contributed by atoms with van der Waals surface area (Å²) in [6, 6.07) is 1.10. The number of aliphatic carboxylic acids is 1. The van der Waals surface area contributed by atoms with E-state index < -0.39 is 17.7 Å². The van der Waals surface area contributed by atoms with Crippen LogP contribution in [0.4, 0.5) is 4.39 Å². The zero-order valence-corrected chi connectivity index (χ0v) is 8.97. The lowest BCUT2D eigenvalue weighted by Crippen LogP contribution is -2.30. The molecule has 0 aromatic carbocycles. The molecule has 1 fully saturated rings. The van der Waals surface area contributed by atoms with Gasteiger partial charge in [-0.2, -0.15) is 0 Å². The van der Waals surface area contributed by atoms with Gasteiger partial charge in [0.1, 0.15) is 5.82 Å². The number of likely N-dealkylation sites (tertiary alicyclic amines) is 1. The van der Waals surface area contributed by atoms with E-state index in [1.54, 1.807) is 0 Å². The minimum atomic E-state index is -0.905. The molecular weight excluding hydrogens is 227 g/mol. The molecule has 1 amide bonds. The molecule has 0 unspecified atom stereocenters. The summed E-state index contributed by atoms with van der Waals surface area (Å²) in [5.41, 5.74) is 0.149. The van der Waals surface area contributed by atoms with Crippen molar-refractivity contribution in [3.8, 4) is 0 Å². The predicted octanol–water partition coefficient (Wildman–Crippen LogP) is 0.767. The van der Waals surface area contributed by atoms with E-state index in [-0.39, 0.29) is 18.0 Å². The maximum absolute atomic E-state index is 12.9. The summed E-state index contributed by atoms with van der Waals surface area (Å²) in [7, 11) is 0. The van der Waals surface area contributed by atoms with Gasteiger partial charge in [0.05, 0.1) is 17.7 Å². The monoisotopic (exact) mass is 238 g/mol. The topological polar surface area (TPSA) is 70.5 Å². The first-order chi connectivity index (χ1) is 8.08. The summed E-state index contributed by atoms with van der Waals surface area (Å²) in [6.45, 7) is 0.553. The van der Waals surface area contributed by atoms with Crippen LogP contribution in [0.2, 0.25) is 0 Å². The Kier molecular flexibility index (Phi) is 3.03. The number of carbonyl (C=O) groups is 2. The van der Waals surface area contributed by atoms with Gasteiger partial charge in [-0.1, -0.05) is 0 Å².